The smallest absolute Gasteiger partial charge is 0.338 e. The van der Waals surface area contributed by atoms with E-state index in [9.17, 15) is 24.6 Å². The normalized spacial score (nSPS) is 13.9. The highest BCUT2D eigenvalue weighted by Crippen LogP contribution is 2.11. The standard InChI is InChI=1S/C19H18O7/c20-11-15(21)17(26-19(24)14-9-5-2-6-10-14)16(22)12-25-18(23)13-7-3-1-4-8-13/h1-11,15-17,21-22H,12H2/t15-,16+,17+/m0/s1. The number of carbonyl (C=O) groups is 3. The number of hydrogen-bond donors (Lipinski definition) is 2. The topological polar surface area (TPSA) is 110 Å². The summed E-state index contributed by atoms with van der Waals surface area (Å²) in [5.74, 6) is -1.52. The maximum atomic E-state index is 12.1. The van der Waals surface area contributed by atoms with Gasteiger partial charge in [-0.05, 0) is 24.3 Å². The number of carbonyl (C=O) groups excluding carboxylic acids is 3. The molecule has 26 heavy (non-hydrogen) atoms. The summed E-state index contributed by atoms with van der Waals surface area (Å²) in [4.78, 5) is 34.8. The second kappa shape index (κ2) is 9.45. The number of aldehydes is 1. The van der Waals surface area contributed by atoms with Gasteiger partial charge in [0, 0.05) is 0 Å². The van der Waals surface area contributed by atoms with Crippen molar-refractivity contribution in [3.05, 3.63) is 71.8 Å². The van der Waals surface area contributed by atoms with Crippen molar-refractivity contribution in [2.24, 2.45) is 0 Å². The Bertz CT molecular complexity index is 730. The van der Waals surface area contributed by atoms with Crippen LogP contribution in [0.1, 0.15) is 20.7 Å². The van der Waals surface area contributed by atoms with E-state index >= 15 is 0 Å². The molecule has 3 atom stereocenters. The molecule has 7 heteroatoms. The Balaban J connectivity index is 2.00. The van der Waals surface area contributed by atoms with Crippen molar-refractivity contribution < 1.29 is 34.1 Å². The monoisotopic (exact) mass is 358 g/mol. The van der Waals surface area contributed by atoms with Crippen molar-refractivity contribution >= 4 is 18.2 Å². The first-order valence-corrected chi connectivity index (χ1v) is 7.82. The van der Waals surface area contributed by atoms with Crippen LogP contribution in [-0.4, -0.2) is 53.4 Å². The minimum absolute atomic E-state index is 0.130. The molecule has 0 aromatic heterocycles. The Labute approximate surface area is 149 Å². The highest BCUT2D eigenvalue weighted by atomic mass is 16.6. The number of aliphatic hydroxyl groups is 2. The molecule has 0 saturated carbocycles. The zero-order valence-electron chi connectivity index (χ0n) is 13.7. The highest BCUT2D eigenvalue weighted by Gasteiger charge is 2.32. The van der Waals surface area contributed by atoms with Crippen LogP contribution >= 0.6 is 0 Å². The Morgan fingerprint density at radius 3 is 1.88 bits per heavy atom. The molecule has 2 aromatic carbocycles. The molecule has 2 rings (SSSR count). The maximum absolute atomic E-state index is 12.1. The lowest BCUT2D eigenvalue weighted by atomic mass is 10.1. The first kappa shape index (κ1) is 19.3. The summed E-state index contributed by atoms with van der Waals surface area (Å²) >= 11 is 0. The van der Waals surface area contributed by atoms with Gasteiger partial charge in [0.15, 0.2) is 12.4 Å². The number of rotatable bonds is 8. The lowest BCUT2D eigenvalue weighted by molar-refractivity contribution is -0.129. The molecule has 136 valence electrons. The Morgan fingerprint density at radius 1 is 0.885 bits per heavy atom. The molecule has 0 aliphatic carbocycles. The van der Waals surface area contributed by atoms with Crippen molar-refractivity contribution in [2.75, 3.05) is 6.61 Å². The van der Waals surface area contributed by atoms with Gasteiger partial charge in [-0.25, -0.2) is 9.59 Å². The van der Waals surface area contributed by atoms with Gasteiger partial charge in [-0.3, -0.25) is 0 Å². The largest absolute Gasteiger partial charge is 0.459 e. The highest BCUT2D eigenvalue weighted by molar-refractivity contribution is 5.90. The van der Waals surface area contributed by atoms with E-state index in [2.05, 4.69) is 0 Å². The van der Waals surface area contributed by atoms with E-state index in [1.807, 2.05) is 0 Å². The molecular weight excluding hydrogens is 340 g/mol. The quantitative estimate of drug-likeness (QED) is 0.535. The average Bonchev–Trinajstić information content (AvgIpc) is 2.70. The second-order valence-corrected chi connectivity index (χ2v) is 5.39. The summed E-state index contributed by atoms with van der Waals surface area (Å²) < 4.78 is 9.97. The molecule has 0 saturated heterocycles. The third kappa shape index (κ3) is 5.23. The Kier molecular flexibility index (Phi) is 7.02. The fourth-order valence-corrected chi connectivity index (χ4v) is 2.13. The molecule has 0 radical (unpaired) electrons. The van der Waals surface area contributed by atoms with E-state index < -0.39 is 36.9 Å². The van der Waals surface area contributed by atoms with Crippen molar-refractivity contribution in [1.29, 1.82) is 0 Å². The lowest BCUT2D eigenvalue weighted by Crippen LogP contribution is -2.44. The van der Waals surface area contributed by atoms with Gasteiger partial charge in [-0.1, -0.05) is 36.4 Å². The molecule has 0 bridgehead atoms. The summed E-state index contributed by atoms with van der Waals surface area (Å²) in [7, 11) is 0. The van der Waals surface area contributed by atoms with Gasteiger partial charge in [-0.2, -0.15) is 0 Å². The summed E-state index contributed by atoms with van der Waals surface area (Å²) in [6.45, 7) is -0.564. The first-order chi connectivity index (χ1) is 12.5. The SMILES string of the molecule is O=C[C@H](O)[C@@H](OC(=O)c1ccccc1)[C@H](O)COC(=O)c1ccccc1. The van der Waals surface area contributed by atoms with Crippen molar-refractivity contribution in [3.63, 3.8) is 0 Å². The van der Waals surface area contributed by atoms with Crippen molar-refractivity contribution in [3.8, 4) is 0 Å². The molecule has 0 aliphatic rings. The minimum atomic E-state index is -1.77. The zero-order chi connectivity index (χ0) is 18.9. The van der Waals surface area contributed by atoms with Gasteiger partial charge in [0.25, 0.3) is 0 Å². The predicted octanol–water partition coefficient (Wildman–Crippen LogP) is 0.990. The van der Waals surface area contributed by atoms with Gasteiger partial charge >= 0.3 is 11.9 Å². The number of ether oxygens (including phenoxy) is 2. The Morgan fingerprint density at radius 2 is 1.38 bits per heavy atom. The van der Waals surface area contributed by atoms with Crippen LogP contribution in [0, 0.1) is 0 Å². The number of hydrogen-bond acceptors (Lipinski definition) is 7. The molecule has 2 N–H and O–H groups in total. The van der Waals surface area contributed by atoms with Gasteiger partial charge in [0.1, 0.15) is 18.8 Å². The van der Waals surface area contributed by atoms with Crippen LogP contribution in [0.3, 0.4) is 0 Å². The fraction of sp³-hybridized carbons (Fsp3) is 0.211. The fourth-order valence-electron chi connectivity index (χ4n) is 2.13. The molecule has 0 unspecified atom stereocenters. The van der Waals surface area contributed by atoms with Gasteiger partial charge in [-0.15, -0.1) is 0 Å². The number of benzene rings is 2. The summed E-state index contributed by atoms with van der Waals surface area (Å²) in [5.41, 5.74) is 0.456. The molecule has 2 aromatic rings. The summed E-state index contributed by atoms with van der Waals surface area (Å²) in [5, 5.41) is 19.8. The van der Waals surface area contributed by atoms with Crippen LogP contribution in [0.5, 0.6) is 0 Å². The first-order valence-electron chi connectivity index (χ1n) is 7.82. The predicted molar refractivity (Wildman–Crippen MR) is 90.4 cm³/mol. The van der Waals surface area contributed by atoms with Gasteiger partial charge in [0.05, 0.1) is 11.1 Å². The van der Waals surface area contributed by atoms with Crippen molar-refractivity contribution in [2.45, 2.75) is 18.3 Å². The minimum Gasteiger partial charge on any atom is -0.459 e. The van der Waals surface area contributed by atoms with E-state index in [4.69, 9.17) is 9.47 Å². The summed E-state index contributed by atoms with van der Waals surface area (Å²) in [6.07, 6.45) is -4.81. The molecule has 0 heterocycles. The van der Waals surface area contributed by atoms with E-state index in [-0.39, 0.29) is 17.4 Å². The Hall–Kier alpha value is -3.03. The molecule has 0 amide bonds. The lowest BCUT2D eigenvalue weighted by Gasteiger charge is -2.24. The van der Waals surface area contributed by atoms with E-state index in [1.54, 1.807) is 36.4 Å². The molecule has 7 nitrogen and oxygen atoms in total. The third-order valence-electron chi connectivity index (χ3n) is 3.50. The van der Waals surface area contributed by atoms with E-state index in [1.165, 1.54) is 24.3 Å². The molecule has 0 spiro atoms. The third-order valence-corrected chi connectivity index (χ3v) is 3.50. The van der Waals surface area contributed by atoms with Crippen LogP contribution in [0.25, 0.3) is 0 Å². The van der Waals surface area contributed by atoms with Crippen LogP contribution in [0.15, 0.2) is 60.7 Å². The molecule has 0 fully saturated rings. The van der Waals surface area contributed by atoms with Crippen LogP contribution in [0.2, 0.25) is 0 Å². The van der Waals surface area contributed by atoms with Crippen LogP contribution < -0.4 is 0 Å². The zero-order valence-corrected chi connectivity index (χ0v) is 13.7. The summed E-state index contributed by atoms with van der Waals surface area (Å²) in [6, 6.07) is 16.0. The van der Waals surface area contributed by atoms with Crippen LogP contribution in [0.4, 0.5) is 0 Å². The maximum Gasteiger partial charge on any atom is 0.338 e. The number of aliphatic hydroxyl groups excluding tert-OH is 2. The molecule has 0 aliphatic heterocycles. The van der Waals surface area contributed by atoms with Crippen molar-refractivity contribution in [1.82, 2.24) is 0 Å². The van der Waals surface area contributed by atoms with Gasteiger partial charge < -0.3 is 24.5 Å². The average molecular weight is 358 g/mol. The van der Waals surface area contributed by atoms with Gasteiger partial charge in [0.2, 0.25) is 0 Å². The van der Waals surface area contributed by atoms with E-state index in [0.717, 1.165) is 0 Å². The number of esters is 2. The second-order valence-electron chi connectivity index (χ2n) is 5.39. The molecular formula is C19H18O7. The van der Waals surface area contributed by atoms with E-state index in [0.29, 0.717) is 0 Å². The van der Waals surface area contributed by atoms with Crippen LogP contribution in [-0.2, 0) is 14.3 Å².